The van der Waals surface area contributed by atoms with Crippen molar-refractivity contribution in [1.29, 1.82) is 0 Å². The third-order valence-corrected chi connectivity index (χ3v) is 3.47. The molecule has 0 fully saturated rings. The molecule has 19 heavy (non-hydrogen) atoms. The normalized spacial score (nSPS) is 12.3. The van der Waals surface area contributed by atoms with E-state index in [0.29, 0.717) is 0 Å². The number of nitrogens with one attached hydrogen (secondary N) is 1. The molecule has 1 atom stereocenters. The first-order valence-corrected chi connectivity index (χ1v) is 7.33. The lowest BCUT2D eigenvalue weighted by molar-refractivity contribution is 0.526. The average molecular weight is 320 g/mol. The predicted octanol–water partition coefficient (Wildman–Crippen LogP) is 3.52. The van der Waals surface area contributed by atoms with Gasteiger partial charge in [0, 0.05) is 16.7 Å². The second-order valence-electron chi connectivity index (χ2n) is 4.52. The van der Waals surface area contributed by atoms with E-state index in [1.807, 2.05) is 18.3 Å². The molecule has 4 heteroatoms. The van der Waals surface area contributed by atoms with Gasteiger partial charge in [0.25, 0.3) is 0 Å². The standard InChI is InChI=1S/C15H18BrN3/c1-2-7-17-15(13-6-8-18-19-11-13)10-12-4-3-5-14(16)9-12/h3-6,8-9,11,15,17H,2,7,10H2,1H3. The van der Waals surface area contributed by atoms with Crippen LogP contribution in [0.5, 0.6) is 0 Å². The third-order valence-electron chi connectivity index (χ3n) is 2.98. The van der Waals surface area contributed by atoms with Gasteiger partial charge in [0.15, 0.2) is 0 Å². The topological polar surface area (TPSA) is 37.8 Å². The van der Waals surface area contributed by atoms with E-state index in [9.17, 15) is 0 Å². The number of rotatable bonds is 6. The molecule has 2 aromatic rings. The lowest BCUT2D eigenvalue weighted by Crippen LogP contribution is -2.24. The first kappa shape index (κ1) is 14.2. The number of hydrogen-bond acceptors (Lipinski definition) is 3. The Morgan fingerprint density at radius 1 is 1.26 bits per heavy atom. The van der Waals surface area contributed by atoms with Crippen LogP contribution >= 0.6 is 15.9 Å². The molecule has 1 heterocycles. The Morgan fingerprint density at radius 3 is 2.84 bits per heavy atom. The number of nitrogens with zero attached hydrogens (tertiary/aromatic N) is 2. The van der Waals surface area contributed by atoms with E-state index >= 15 is 0 Å². The Kier molecular flexibility index (Phi) is 5.48. The van der Waals surface area contributed by atoms with Crippen molar-refractivity contribution in [2.24, 2.45) is 0 Å². The third kappa shape index (κ3) is 4.40. The molecule has 0 saturated carbocycles. The van der Waals surface area contributed by atoms with Gasteiger partial charge in [0.05, 0.1) is 6.20 Å². The fraction of sp³-hybridized carbons (Fsp3) is 0.333. The van der Waals surface area contributed by atoms with Crippen LogP contribution in [-0.4, -0.2) is 16.7 Å². The highest BCUT2D eigenvalue weighted by Crippen LogP contribution is 2.20. The zero-order valence-electron chi connectivity index (χ0n) is 11.0. The minimum Gasteiger partial charge on any atom is -0.310 e. The number of aromatic nitrogens is 2. The highest BCUT2D eigenvalue weighted by atomic mass is 79.9. The van der Waals surface area contributed by atoms with Gasteiger partial charge in [-0.2, -0.15) is 10.2 Å². The van der Waals surface area contributed by atoms with Crippen molar-refractivity contribution in [3.8, 4) is 0 Å². The lowest BCUT2D eigenvalue weighted by Gasteiger charge is -2.18. The van der Waals surface area contributed by atoms with E-state index in [0.717, 1.165) is 23.9 Å². The molecule has 0 amide bonds. The maximum atomic E-state index is 3.97. The summed E-state index contributed by atoms with van der Waals surface area (Å²) >= 11 is 3.52. The number of benzene rings is 1. The van der Waals surface area contributed by atoms with Gasteiger partial charge in [-0.25, -0.2) is 0 Å². The Balaban J connectivity index is 2.14. The molecule has 0 aliphatic heterocycles. The van der Waals surface area contributed by atoms with Crippen LogP contribution in [0.2, 0.25) is 0 Å². The zero-order valence-corrected chi connectivity index (χ0v) is 12.6. The molecular formula is C15H18BrN3. The summed E-state index contributed by atoms with van der Waals surface area (Å²) in [6.07, 6.45) is 5.65. The highest BCUT2D eigenvalue weighted by molar-refractivity contribution is 9.10. The van der Waals surface area contributed by atoms with Crippen LogP contribution in [0.25, 0.3) is 0 Å². The quantitative estimate of drug-likeness (QED) is 0.885. The van der Waals surface area contributed by atoms with Gasteiger partial charge in [-0.1, -0.05) is 35.0 Å². The van der Waals surface area contributed by atoms with Crippen molar-refractivity contribution < 1.29 is 0 Å². The van der Waals surface area contributed by atoms with Crippen LogP contribution in [-0.2, 0) is 6.42 Å². The molecular weight excluding hydrogens is 302 g/mol. The van der Waals surface area contributed by atoms with Gasteiger partial charge in [0.1, 0.15) is 0 Å². The fourth-order valence-electron chi connectivity index (χ4n) is 2.03. The van der Waals surface area contributed by atoms with Gasteiger partial charge in [-0.05, 0) is 48.7 Å². The summed E-state index contributed by atoms with van der Waals surface area (Å²) in [6, 6.07) is 10.7. The lowest BCUT2D eigenvalue weighted by atomic mass is 10.0. The smallest absolute Gasteiger partial charge is 0.0544 e. The van der Waals surface area contributed by atoms with Crippen molar-refractivity contribution in [1.82, 2.24) is 15.5 Å². The van der Waals surface area contributed by atoms with Crippen molar-refractivity contribution in [3.63, 3.8) is 0 Å². The van der Waals surface area contributed by atoms with Crippen LogP contribution in [0.4, 0.5) is 0 Å². The van der Waals surface area contributed by atoms with Crippen LogP contribution in [0.1, 0.15) is 30.5 Å². The summed E-state index contributed by atoms with van der Waals surface area (Å²) in [7, 11) is 0. The maximum absolute atomic E-state index is 3.97. The van der Waals surface area contributed by atoms with Crippen molar-refractivity contribution in [2.45, 2.75) is 25.8 Å². The minimum absolute atomic E-state index is 0.282. The first-order valence-electron chi connectivity index (χ1n) is 6.54. The highest BCUT2D eigenvalue weighted by Gasteiger charge is 2.11. The van der Waals surface area contributed by atoms with E-state index in [1.54, 1.807) is 6.20 Å². The minimum atomic E-state index is 0.282. The van der Waals surface area contributed by atoms with Gasteiger partial charge in [-0.3, -0.25) is 0 Å². The Morgan fingerprint density at radius 2 is 2.16 bits per heavy atom. The Bertz CT molecular complexity index is 502. The van der Waals surface area contributed by atoms with E-state index in [4.69, 9.17) is 0 Å². The van der Waals surface area contributed by atoms with Crippen molar-refractivity contribution in [3.05, 3.63) is 58.3 Å². The molecule has 2 rings (SSSR count). The zero-order chi connectivity index (χ0) is 13.5. The van der Waals surface area contributed by atoms with E-state index in [2.05, 4.69) is 56.6 Å². The first-order chi connectivity index (χ1) is 9.29. The molecule has 0 bridgehead atoms. The largest absolute Gasteiger partial charge is 0.310 e. The monoisotopic (exact) mass is 319 g/mol. The van der Waals surface area contributed by atoms with E-state index in [-0.39, 0.29) is 6.04 Å². The van der Waals surface area contributed by atoms with Gasteiger partial charge in [0.2, 0.25) is 0 Å². The van der Waals surface area contributed by atoms with Crippen LogP contribution in [0.15, 0.2) is 47.2 Å². The molecule has 100 valence electrons. The molecule has 1 unspecified atom stereocenters. The molecule has 0 spiro atoms. The second kappa shape index (κ2) is 7.36. The van der Waals surface area contributed by atoms with Crippen molar-refractivity contribution >= 4 is 15.9 Å². The van der Waals surface area contributed by atoms with Crippen LogP contribution in [0, 0.1) is 0 Å². The maximum Gasteiger partial charge on any atom is 0.0544 e. The summed E-state index contributed by atoms with van der Waals surface area (Å²) < 4.78 is 1.12. The number of halogens is 1. The fourth-order valence-corrected chi connectivity index (χ4v) is 2.48. The van der Waals surface area contributed by atoms with Gasteiger partial charge in [-0.15, -0.1) is 0 Å². The van der Waals surface area contributed by atoms with E-state index in [1.165, 1.54) is 11.1 Å². The van der Waals surface area contributed by atoms with Gasteiger partial charge >= 0.3 is 0 Å². The molecule has 3 nitrogen and oxygen atoms in total. The number of hydrogen-bond donors (Lipinski definition) is 1. The Hall–Kier alpha value is -1.26. The molecule has 0 radical (unpaired) electrons. The molecule has 1 aromatic carbocycles. The van der Waals surface area contributed by atoms with Crippen molar-refractivity contribution in [2.75, 3.05) is 6.54 Å². The van der Waals surface area contributed by atoms with Gasteiger partial charge < -0.3 is 5.32 Å². The summed E-state index contributed by atoms with van der Waals surface area (Å²) in [5, 5.41) is 11.4. The average Bonchev–Trinajstić information content (AvgIpc) is 2.44. The molecule has 0 aliphatic rings. The molecule has 1 N–H and O–H groups in total. The summed E-state index contributed by atoms with van der Waals surface area (Å²) in [4.78, 5) is 0. The van der Waals surface area contributed by atoms with Crippen LogP contribution < -0.4 is 5.32 Å². The Labute approximate surface area is 122 Å². The van der Waals surface area contributed by atoms with Crippen LogP contribution in [0.3, 0.4) is 0 Å². The molecule has 0 saturated heterocycles. The summed E-state index contributed by atoms with van der Waals surface area (Å²) in [6.45, 7) is 3.18. The SMILES string of the molecule is CCCNC(Cc1cccc(Br)c1)c1ccnnc1. The summed E-state index contributed by atoms with van der Waals surface area (Å²) in [5.41, 5.74) is 2.49. The predicted molar refractivity (Wildman–Crippen MR) is 80.9 cm³/mol. The molecule has 0 aliphatic carbocycles. The summed E-state index contributed by atoms with van der Waals surface area (Å²) in [5.74, 6) is 0. The van der Waals surface area contributed by atoms with E-state index < -0.39 is 0 Å². The molecule has 1 aromatic heterocycles. The second-order valence-corrected chi connectivity index (χ2v) is 5.43.